The largest absolute Gasteiger partial charge is 0.340 e. The van der Waals surface area contributed by atoms with Crippen molar-refractivity contribution in [2.45, 2.75) is 13.5 Å². The van der Waals surface area contributed by atoms with E-state index in [2.05, 4.69) is 43.6 Å². The summed E-state index contributed by atoms with van der Waals surface area (Å²) in [5.74, 6) is 0.941. The van der Waals surface area contributed by atoms with Gasteiger partial charge in [0, 0.05) is 57.6 Å². The molecule has 1 aliphatic heterocycles. The van der Waals surface area contributed by atoms with Gasteiger partial charge in [-0.15, -0.1) is 0 Å². The number of anilines is 2. The number of H-pyrrole nitrogens is 1. The van der Waals surface area contributed by atoms with E-state index in [1.807, 2.05) is 35.6 Å². The first-order valence-corrected chi connectivity index (χ1v) is 11.1. The Bertz CT molecular complexity index is 1200. The highest BCUT2D eigenvalue weighted by atomic mass is 32.1. The molecule has 1 fully saturated rings. The van der Waals surface area contributed by atoms with Crippen molar-refractivity contribution in [3.63, 3.8) is 0 Å². The lowest BCUT2D eigenvalue weighted by molar-refractivity contribution is -0.130. The van der Waals surface area contributed by atoms with E-state index in [1.54, 1.807) is 18.3 Å². The zero-order valence-corrected chi connectivity index (χ0v) is 18.0. The molecular weight excluding hydrogens is 410 g/mol. The number of nitrogens with one attached hydrogen (secondary N) is 2. The smallest absolute Gasteiger partial charge is 0.219 e. The summed E-state index contributed by atoms with van der Waals surface area (Å²) in [6.07, 6.45) is 5.53. The average molecular weight is 434 g/mol. The van der Waals surface area contributed by atoms with Crippen LogP contribution in [0.5, 0.6) is 0 Å². The van der Waals surface area contributed by atoms with Gasteiger partial charge in [0.05, 0.1) is 16.4 Å². The van der Waals surface area contributed by atoms with Crippen molar-refractivity contribution in [3.8, 4) is 11.1 Å². The fourth-order valence-electron chi connectivity index (χ4n) is 3.80. The maximum Gasteiger partial charge on any atom is 0.219 e. The first-order chi connectivity index (χ1) is 15.1. The SMILES string of the molecule is CC(=O)N1CCN(Cc2ccnc(Nc3nc4ccc(-c5cn[nH]c5)cc4s3)c2)CC1. The molecule has 8 nitrogen and oxygen atoms in total. The number of aromatic amines is 1. The van der Waals surface area contributed by atoms with Crippen LogP contribution in [0, 0.1) is 0 Å². The second-order valence-electron chi connectivity index (χ2n) is 7.65. The molecule has 0 aliphatic carbocycles. The molecule has 5 rings (SSSR count). The van der Waals surface area contributed by atoms with Crippen molar-refractivity contribution >= 4 is 38.4 Å². The number of carbonyl (C=O) groups excluding carboxylic acids is 1. The number of pyridine rings is 1. The maximum atomic E-state index is 11.5. The lowest BCUT2D eigenvalue weighted by atomic mass is 10.1. The fraction of sp³-hybridized carbons (Fsp3) is 0.273. The normalized spacial score (nSPS) is 14.8. The van der Waals surface area contributed by atoms with Gasteiger partial charge in [-0.2, -0.15) is 5.10 Å². The van der Waals surface area contributed by atoms with Crippen molar-refractivity contribution in [3.05, 3.63) is 54.5 Å². The van der Waals surface area contributed by atoms with E-state index in [-0.39, 0.29) is 5.91 Å². The van der Waals surface area contributed by atoms with E-state index in [9.17, 15) is 4.79 Å². The maximum absolute atomic E-state index is 11.5. The topological polar surface area (TPSA) is 90.0 Å². The Hall–Kier alpha value is -3.30. The van der Waals surface area contributed by atoms with Gasteiger partial charge in [-0.25, -0.2) is 9.97 Å². The van der Waals surface area contributed by atoms with Crippen LogP contribution in [0.15, 0.2) is 48.9 Å². The Morgan fingerprint density at radius 2 is 2.03 bits per heavy atom. The summed E-state index contributed by atoms with van der Waals surface area (Å²) in [7, 11) is 0. The highest BCUT2D eigenvalue weighted by Crippen LogP contribution is 2.31. The number of aromatic nitrogens is 4. The van der Waals surface area contributed by atoms with Gasteiger partial charge in [0.25, 0.3) is 0 Å². The Morgan fingerprint density at radius 1 is 1.16 bits per heavy atom. The van der Waals surface area contributed by atoms with Gasteiger partial charge in [0.1, 0.15) is 5.82 Å². The van der Waals surface area contributed by atoms with E-state index in [1.165, 1.54) is 5.56 Å². The Labute approximate surface area is 183 Å². The second kappa shape index (κ2) is 8.44. The molecule has 4 heterocycles. The van der Waals surface area contributed by atoms with Crippen LogP contribution < -0.4 is 5.32 Å². The lowest BCUT2D eigenvalue weighted by Gasteiger charge is -2.34. The summed E-state index contributed by atoms with van der Waals surface area (Å²) in [6.45, 7) is 5.84. The number of hydrogen-bond acceptors (Lipinski definition) is 7. The summed E-state index contributed by atoms with van der Waals surface area (Å²) in [5, 5.41) is 11.0. The number of thiazole rings is 1. The van der Waals surface area contributed by atoms with Crippen LogP contribution in [-0.2, 0) is 11.3 Å². The molecular formula is C22H23N7OS. The number of hydrogen-bond donors (Lipinski definition) is 2. The number of piperazine rings is 1. The predicted molar refractivity (Wildman–Crippen MR) is 122 cm³/mol. The molecule has 1 aromatic carbocycles. The standard InChI is InChI=1S/C22H23N7OS/c1-15(30)29-8-6-28(7-9-29)14-16-4-5-23-21(10-16)27-22-26-19-3-2-17(11-20(19)31-22)18-12-24-25-13-18/h2-5,10-13H,6-9,14H2,1H3,(H,24,25)(H,23,26,27). The van der Waals surface area contributed by atoms with E-state index in [4.69, 9.17) is 4.98 Å². The first kappa shape index (κ1) is 19.7. The Morgan fingerprint density at radius 3 is 2.81 bits per heavy atom. The third-order valence-corrected chi connectivity index (χ3v) is 6.44. The monoisotopic (exact) mass is 433 g/mol. The quantitative estimate of drug-likeness (QED) is 0.501. The van der Waals surface area contributed by atoms with Crippen molar-refractivity contribution in [1.29, 1.82) is 0 Å². The molecule has 9 heteroatoms. The average Bonchev–Trinajstić information content (AvgIpc) is 3.43. The van der Waals surface area contributed by atoms with Gasteiger partial charge in [-0.05, 0) is 35.4 Å². The Kier molecular flexibility index (Phi) is 5.35. The van der Waals surface area contributed by atoms with E-state index >= 15 is 0 Å². The zero-order chi connectivity index (χ0) is 21.2. The van der Waals surface area contributed by atoms with Crippen molar-refractivity contribution in [2.75, 3.05) is 31.5 Å². The lowest BCUT2D eigenvalue weighted by Crippen LogP contribution is -2.47. The predicted octanol–water partition coefficient (Wildman–Crippen LogP) is 3.49. The number of benzene rings is 1. The molecule has 2 N–H and O–H groups in total. The third-order valence-electron chi connectivity index (χ3n) is 5.50. The van der Waals surface area contributed by atoms with Crippen molar-refractivity contribution in [1.82, 2.24) is 30.0 Å². The number of rotatable bonds is 5. The molecule has 4 aromatic rings. The Balaban J connectivity index is 1.27. The minimum atomic E-state index is 0.155. The molecule has 1 amide bonds. The number of carbonyl (C=O) groups is 1. The molecule has 0 atom stereocenters. The van der Waals surface area contributed by atoms with E-state index in [0.29, 0.717) is 0 Å². The van der Waals surface area contributed by atoms with Gasteiger partial charge in [-0.3, -0.25) is 14.8 Å². The second-order valence-corrected chi connectivity index (χ2v) is 8.68. The molecule has 0 saturated carbocycles. The molecule has 31 heavy (non-hydrogen) atoms. The van der Waals surface area contributed by atoms with Gasteiger partial charge in [0.2, 0.25) is 5.91 Å². The van der Waals surface area contributed by atoms with Crippen LogP contribution in [0.2, 0.25) is 0 Å². The van der Waals surface area contributed by atoms with Gasteiger partial charge >= 0.3 is 0 Å². The van der Waals surface area contributed by atoms with Crippen LogP contribution in [0.25, 0.3) is 21.3 Å². The van der Waals surface area contributed by atoms with E-state index < -0.39 is 0 Å². The summed E-state index contributed by atoms with van der Waals surface area (Å²) in [5.41, 5.74) is 4.32. The molecule has 158 valence electrons. The van der Waals surface area contributed by atoms with Crippen LogP contribution in [0.3, 0.4) is 0 Å². The summed E-state index contributed by atoms with van der Waals surface area (Å²) in [4.78, 5) is 24.9. The molecule has 1 aliphatic rings. The fourth-order valence-corrected chi connectivity index (χ4v) is 4.71. The van der Waals surface area contributed by atoms with Crippen molar-refractivity contribution in [2.24, 2.45) is 0 Å². The molecule has 0 unspecified atom stereocenters. The van der Waals surface area contributed by atoms with Crippen LogP contribution in [0.1, 0.15) is 12.5 Å². The molecule has 0 radical (unpaired) electrons. The minimum Gasteiger partial charge on any atom is -0.340 e. The van der Waals surface area contributed by atoms with Crippen LogP contribution >= 0.6 is 11.3 Å². The minimum absolute atomic E-state index is 0.155. The zero-order valence-electron chi connectivity index (χ0n) is 17.2. The highest BCUT2D eigenvalue weighted by Gasteiger charge is 2.18. The summed E-state index contributed by atoms with van der Waals surface area (Å²) >= 11 is 1.61. The molecule has 0 bridgehead atoms. The molecule has 3 aromatic heterocycles. The van der Waals surface area contributed by atoms with Gasteiger partial charge in [-0.1, -0.05) is 17.4 Å². The van der Waals surface area contributed by atoms with Crippen LogP contribution in [0.4, 0.5) is 10.9 Å². The third kappa shape index (κ3) is 4.42. The number of amides is 1. The van der Waals surface area contributed by atoms with Crippen molar-refractivity contribution < 1.29 is 4.79 Å². The summed E-state index contributed by atoms with van der Waals surface area (Å²) < 4.78 is 1.11. The molecule has 0 spiro atoms. The first-order valence-electron chi connectivity index (χ1n) is 10.2. The van der Waals surface area contributed by atoms with Gasteiger partial charge < -0.3 is 10.2 Å². The van der Waals surface area contributed by atoms with Crippen LogP contribution in [-0.4, -0.2) is 62.1 Å². The highest BCUT2D eigenvalue weighted by molar-refractivity contribution is 7.22. The van der Waals surface area contributed by atoms with Gasteiger partial charge in [0.15, 0.2) is 5.13 Å². The number of fused-ring (bicyclic) bond motifs is 1. The summed E-state index contributed by atoms with van der Waals surface area (Å²) in [6, 6.07) is 10.3. The van der Waals surface area contributed by atoms with E-state index in [0.717, 1.165) is 65.0 Å². The molecule has 1 saturated heterocycles. The number of nitrogens with zero attached hydrogens (tertiary/aromatic N) is 5.